The summed E-state index contributed by atoms with van der Waals surface area (Å²) in [4.78, 5) is 31.9. The van der Waals surface area contributed by atoms with Crippen LogP contribution in [0.4, 0.5) is 4.79 Å². The summed E-state index contributed by atoms with van der Waals surface area (Å²) in [5.74, 6) is 1.08. The summed E-state index contributed by atoms with van der Waals surface area (Å²) in [7, 11) is 0. The number of ether oxygens (including phenoxy) is 1. The van der Waals surface area contributed by atoms with E-state index < -0.39 is 6.09 Å². The van der Waals surface area contributed by atoms with E-state index in [9.17, 15) is 4.79 Å². The van der Waals surface area contributed by atoms with Gasteiger partial charge in [-0.1, -0.05) is 30.3 Å². The maximum absolute atomic E-state index is 12.3. The Kier molecular flexibility index (Phi) is 7.51. The number of amides is 1. The smallest absolute Gasteiger partial charge is 0.412 e. The van der Waals surface area contributed by atoms with E-state index in [1.807, 2.05) is 24.4 Å². The maximum Gasteiger partial charge on any atom is 0.412 e. The summed E-state index contributed by atoms with van der Waals surface area (Å²) in [6.07, 6.45) is 9.31. The summed E-state index contributed by atoms with van der Waals surface area (Å²) in [6, 6.07) is 12.6. The molecule has 0 saturated carbocycles. The van der Waals surface area contributed by atoms with Crippen LogP contribution < -0.4 is 10.1 Å². The molecule has 9 heteroatoms. The summed E-state index contributed by atoms with van der Waals surface area (Å²) < 4.78 is 11.0. The first kappa shape index (κ1) is 24.6. The zero-order chi connectivity index (χ0) is 25.6. The van der Waals surface area contributed by atoms with Crippen LogP contribution in [0, 0.1) is 13.8 Å². The lowest BCUT2D eigenvalue weighted by atomic mass is 9.90. The Morgan fingerprint density at radius 1 is 1.03 bits per heavy atom. The molecular weight excluding hydrogens is 468 g/mol. The molecule has 1 N–H and O–H groups in total. The average Bonchev–Trinajstić information content (AvgIpc) is 3.43. The molecule has 37 heavy (non-hydrogen) atoms. The molecule has 0 bridgehead atoms. The molecule has 1 atom stereocenters. The molecule has 0 fully saturated rings. The number of carbonyl (C=O) groups excluding carboxylic acids is 1. The topological polar surface area (TPSA) is 106 Å². The number of hydrogen-bond donors (Lipinski definition) is 1. The zero-order valence-corrected chi connectivity index (χ0v) is 21.1. The van der Waals surface area contributed by atoms with Gasteiger partial charge in [0.2, 0.25) is 5.89 Å². The first-order valence-corrected chi connectivity index (χ1v) is 12.4. The second-order valence-electron chi connectivity index (χ2n) is 9.22. The van der Waals surface area contributed by atoms with Crippen LogP contribution in [0.2, 0.25) is 0 Å². The molecular formula is C28H30N6O3. The third-order valence-electron chi connectivity index (χ3n) is 6.63. The minimum atomic E-state index is -0.536. The van der Waals surface area contributed by atoms with E-state index in [-0.39, 0.29) is 6.04 Å². The highest BCUT2D eigenvalue weighted by Crippen LogP contribution is 2.34. The Balaban J connectivity index is 1.24. The summed E-state index contributed by atoms with van der Waals surface area (Å²) in [6.45, 7) is 5.24. The van der Waals surface area contributed by atoms with E-state index in [0.29, 0.717) is 36.1 Å². The monoisotopic (exact) mass is 498 g/mol. The molecule has 1 aliphatic rings. The van der Waals surface area contributed by atoms with Crippen LogP contribution in [-0.2, 0) is 26.1 Å². The van der Waals surface area contributed by atoms with Gasteiger partial charge in [0.05, 0.1) is 35.9 Å². The Labute approximate surface area is 216 Å². The number of rotatable bonds is 8. The highest BCUT2D eigenvalue weighted by molar-refractivity contribution is 5.70. The number of pyridine rings is 1. The van der Waals surface area contributed by atoms with Gasteiger partial charge in [-0.25, -0.2) is 19.7 Å². The molecule has 0 spiro atoms. The summed E-state index contributed by atoms with van der Waals surface area (Å²) in [5.41, 5.74) is 5.84. The van der Waals surface area contributed by atoms with Crippen molar-refractivity contribution >= 4 is 6.09 Å². The number of nitrogens with one attached hydrogen (secondary N) is 1. The lowest BCUT2D eigenvalue weighted by Crippen LogP contribution is -2.31. The molecule has 0 radical (unpaired) electrons. The third-order valence-corrected chi connectivity index (χ3v) is 6.63. The van der Waals surface area contributed by atoms with Gasteiger partial charge in [-0.15, -0.1) is 0 Å². The number of hydrogen-bond acceptors (Lipinski definition) is 8. The summed E-state index contributed by atoms with van der Waals surface area (Å²) >= 11 is 0. The molecule has 1 unspecified atom stereocenters. The Morgan fingerprint density at radius 3 is 2.57 bits per heavy atom. The van der Waals surface area contributed by atoms with E-state index in [0.717, 1.165) is 42.6 Å². The Bertz CT molecular complexity index is 1320. The molecule has 4 aromatic rings. The van der Waals surface area contributed by atoms with Crippen LogP contribution in [-0.4, -0.2) is 30.9 Å². The largest absolute Gasteiger partial charge is 0.448 e. The zero-order valence-electron chi connectivity index (χ0n) is 21.1. The van der Waals surface area contributed by atoms with Gasteiger partial charge in [0.25, 0.3) is 0 Å². The fourth-order valence-corrected chi connectivity index (χ4v) is 4.75. The number of carbonyl (C=O) groups is 1. The second kappa shape index (κ2) is 11.3. The van der Waals surface area contributed by atoms with Crippen LogP contribution in [0.15, 0.2) is 65.8 Å². The second-order valence-corrected chi connectivity index (χ2v) is 9.22. The van der Waals surface area contributed by atoms with Crippen molar-refractivity contribution in [1.29, 1.82) is 0 Å². The minimum absolute atomic E-state index is 0.196. The molecule has 5 rings (SSSR count). The molecule has 0 aliphatic heterocycles. The molecule has 3 heterocycles. The van der Waals surface area contributed by atoms with Crippen molar-refractivity contribution in [1.82, 2.24) is 30.2 Å². The van der Waals surface area contributed by atoms with Gasteiger partial charge in [0.1, 0.15) is 12.6 Å². The molecule has 190 valence electrons. The van der Waals surface area contributed by atoms with E-state index >= 15 is 0 Å². The summed E-state index contributed by atoms with van der Waals surface area (Å²) in [5, 5.41) is 2.80. The van der Waals surface area contributed by atoms with Gasteiger partial charge in [0, 0.05) is 19.3 Å². The van der Waals surface area contributed by atoms with Crippen molar-refractivity contribution in [3.8, 4) is 5.75 Å². The molecule has 9 nitrogen and oxygen atoms in total. The van der Waals surface area contributed by atoms with Crippen LogP contribution in [0.25, 0.3) is 0 Å². The highest BCUT2D eigenvalue weighted by Gasteiger charge is 2.28. The molecule has 1 aliphatic carbocycles. The van der Waals surface area contributed by atoms with E-state index in [1.165, 1.54) is 11.9 Å². The molecule has 3 aromatic heterocycles. The van der Waals surface area contributed by atoms with Crippen molar-refractivity contribution in [2.24, 2.45) is 0 Å². The third kappa shape index (κ3) is 6.00. The van der Waals surface area contributed by atoms with E-state index in [4.69, 9.17) is 14.1 Å². The van der Waals surface area contributed by atoms with Crippen molar-refractivity contribution < 1.29 is 13.9 Å². The van der Waals surface area contributed by atoms with Gasteiger partial charge >= 0.3 is 6.09 Å². The van der Waals surface area contributed by atoms with Gasteiger partial charge in [-0.3, -0.25) is 9.88 Å². The molecule has 1 aromatic carbocycles. The normalized spacial score (nSPS) is 14.8. The standard InChI is InChI=1S/C28H30N6O3/c1-19-27(20(2)33-18-32-19)37-28(35)31-15-21-8-10-22(11-9-21)16-34(17-25-29-13-14-36-25)24-7-3-5-23-6-4-12-30-26(23)24/h4,6,8-14,18,24H,3,5,7,15-17H2,1-2H3,(H,31,35). The number of benzene rings is 1. The quantitative estimate of drug-likeness (QED) is 0.368. The van der Waals surface area contributed by atoms with Gasteiger partial charge in [-0.2, -0.15) is 0 Å². The fraction of sp³-hybridized carbons (Fsp3) is 0.321. The van der Waals surface area contributed by atoms with E-state index in [2.05, 4.69) is 43.4 Å². The van der Waals surface area contributed by atoms with Crippen molar-refractivity contribution in [3.63, 3.8) is 0 Å². The number of aryl methyl sites for hydroxylation is 3. The van der Waals surface area contributed by atoms with Crippen LogP contribution in [0.3, 0.4) is 0 Å². The van der Waals surface area contributed by atoms with Crippen LogP contribution >= 0.6 is 0 Å². The number of nitrogens with zero attached hydrogens (tertiary/aromatic N) is 5. The minimum Gasteiger partial charge on any atom is -0.448 e. The number of fused-ring (bicyclic) bond motifs is 1. The first-order chi connectivity index (χ1) is 18.1. The predicted molar refractivity (Wildman–Crippen MR) is 136 cm³/mol. The fourth-order valence-electron chi connectivity index (χ4n) is 4.75. The van der Waals surface area contributed by atoms with Gasteiger partial charge < -0.3 is 14.5 Å². The lowest BCUT2D eigenvalue weighted by Gasteiger charge is -2.34. The maximum atomic E-state index is 12.3. The predicted octanol–water partition coefficient (Wildman–Crippen LogP) is 4.84. The first-order valence-electron chi connectivity index (χ1n) is 12.4. The van der Waals surface area contributed by atoms with Gasteiger partial charge in [0.15, 0.2) is 5.75 Å². The Hall–Kier alpha value is -4.11. The van der Waals surface area contributed by atoms with Crippen molar-refractivity contribution in [2.45, 2.75) is 58.8 Å². The van der Waals surface area contributed by atoms with Crippen LogP contribution in [0.1, 0.15) is 58.5 Å². The number of aromatic nitrogens is 4. The van der Waals surface area contributed by atoms with E-state index in [1.54, 1.807) is 26.3 Å². The van der Waals surface area contributed by atoms with Crippen LogP contribution in [0.5, 0.6) is 5.75 Å². The SMILES string of the molecule is Cc1ncnc(C)c1OC(=O)NCc1ccc(CN(Cc2ncco2)C2CCCc3cccnc32)cc1. The lowest BCUT2D eigenvalue weighted by molar-refractivity contribution is 0.142. The number of oxazole rings is 1. The van der Waals surface area contributed by atoms with Crippen molar-refractivity contribution in [3.05, 3.63) is 101 Å². The molecule has 1 amide bonds. The highest BCUT2D eigenvalue weighted by atomic mass is 16.6. The Morgan fingerprint density at radius 2 is 1.81 bits per heavy atom. The average molecular weight is 499 g/mol. The van der Waals surface area contributed by atoms with Gasteiger partial charge in [-0.05, 0) is 55.9 Å². The molecule has 0 saturated heterocycles. The van der Waals surface area contributed by atoms with Crippen molar-refractivity contribution in [2.75, 3.05) is 0 Å².